The van der Waals surface area contributed by atoms with Crippen molar-refractivity contribution in [2.45, 2.75) is 83.5 Å². The number of likely N-dealkylation sites (N-methyl/N-ethyl adjacent to an activating group) is 1. The van der Waals surface area contributed by atoms with Crippen molar-refractivity contribution >= 4 is 17.7 Å². The van der Waals surface area contributed by atoms with Crippen molar-refractivity contribution in [1.82, 2.24) is 20.9 Å². The molecule has 1 aliphatic heterocycles. The molecule has 1 heterocycles. The lowest BCUT2D eigenvalue weighted by Crippen LogP contribution is -2.59. The third-order valence-corrected chi connectivity index (χ3v) is 7.56. The molecule has 0 bridgehead atoms. The second-order valence-electron chi connectivity index (χ2n) is 10.5. The second-order valence-corrected chi connectivity index (χ2v) is 10.5. The van der Waals surface area contributed by atoms with Crippen molar-refractivity contribution in [3.8, 4) is 0 Å². The van der Waals surface area contributed by atoms with Gasteiger partial charge in [0.1, 0.15) is 6.04 Å². The average molecular weight is 457 g/mol. The topological polar surface area (TPSA) is 90.5 Å². The third-order valence-electron chi connectivity index (χ3n) is 7.56. The molecule has 1 aromatic carbocycles. The molecule has 1 saturated carbocycles. The highest BCUT2D eigenvalue weighted by Gasteiger charge is 2.49. The van der Waals surface area contributed by atoms with Crippen molar-refractivity contribution in [3.63, 3.8) is 0 Å². The van der Waals surface area contributed by atoms with Crippen LogP contribution in [-0.2, 0) is 19.8 Å². The van der Waals surface area contributed by atoms with Gasteiger partial charge in [0.25, 0.3) is 0 Å². The van der Waals surface area contributed by atoms with Gasteiger partial charge >= 0.3 is 0 Å². The molecule has 1 aromatic rings. The number of hydrogen-bond donors (Lipinski definition) is 3. The fourth-order valence-electron chi connectivity index (χ4n) is 5.16. The lowest BCUT2D eigenvalue weighted by molar-refractivity contribution is -0.139. The van der Waals surface area contributed by atoms with Gasteiger partial charge in [0, 0.05) is 12.6 Å². The van der Waals surface area contributed by atoms with Crippen LogP contribution in [0.4, 0.5) is 0 Å². The molecule has 5 atom stereocenters. The number of nitrogens with zero attached hydrogens (tertiary/aromatic N) is 1. The summed E-state index contributed by atoms with van der Waals surface area (Å²) in [6.07, 6.45) is 2.81. The zero-order valence-electron chi connectivity index (χ0n) is 20.9. The molecule has 2 aliphatic rings. The van der Waals surface area contributed by atoms with Crippen molar-refractivity contribution < 1.29 is 14.4 Å². The average Bonchev–Trinajstić information content (AvgIpc) is 3.39. The highest BCUT2D eigenvalue weighted by atomic mass is 16.2. The van der Waals surface area contributed by atoms with E-state index in [4.69, 9.17) is 0 Å². The molecule has 0 aromatic heterocycles. The van der Waals surface area contributed by atoms with Crippen LogP contribution < -0.4 is 16.0 Å². The first kappa shape index (κ1) is 25.2. The predicted molar refractivity (Wildman–Crippen MR) is 130 cm³/mol. The first-order valence-corrected chi connectivity index (χ1v) is 12.2. The van der Waals surface area contributed by atoms with Gasteiger partial charge in [-0.2, -0.15) is 0 Å². The smallest absolute Gasteiger partial charge is 0.245 e. The molecule has 1 aliphatic carbocycles. The number of likely N-dealkylation sites (tertiary alicyclic amines) is 1. The minimum atomic E-state index is -0.662. The van der Waals surface area contributed by atoms with Crippen LogP contribution in [0.3, 0.4) is 0 Å². The van der Waals surface area contributed by atoms with E-state index < -0.39 is 11.5 Å². The van der Waals surface area contributed by atoms with E-state index >= 15 is 0 Å². The fraction of sp³-hybridized carbons (Fsp3) is 0.654. The van der Waals surface area contributed by atoms with Crippen LogP contribution in [0.5, 0.6) is 0 Å². The highest BCUT2D eigenvalue weighted by molar-refractivity contribution is 5.90. The summed E-state index contributed by atoms with van der Waals surface area (Å²) in [5, 5.41) is 9.15. The molecular formula is C26H40N4O3. The summed E-state index contributed by atoms with van der Waals surface area (Å²) in [5.41, 5.74) is 0.308. The largest absolute Gasteiger partial charge is 0.351 e. The Labute approximate surface area is 198 Å². The molecule has 3 unspecified atom stereocenters. The second kappa shape index (κ2) is 10.2. The standard InChI is InChI=1S/C26H40N4O3/c1-16(2)21(29-23(31)17(3)27-6)24(32)30-15-14-18-12-13-20(22(18)30)28-25(33)26(4,5)19-10-8-7-9-11-19/h7-11,16-18,20-22,27H,12-15H2,1-6H3,(H,28,33)(H,29,31)/t17-,18?,20?,21-,22?/m0/s1. The molecule has 7 heteroatoms. The summed E-state index contributed by atoms with van der Waals surface area (Å²) in [7, 11) is 1.73. The summed E-state index contributed by atoms with van der Waals surface area (Å²) in [6, 6.07) is 8.75. The van der Waals surface area contributed by atoms with Gasteiger partial charge in [-0.25, -0.2) is 0 Å². The summed E-state index contributed by atoms with van der Waals surface area (Å²) in [4.78, 5) is 41.3. The number of hydrogen-bond acceptors (Lipinski definition) is 4. The molecule has 2 fully saturated rings. The molecule has 0 spiro atoms. The van der Waals surface area contributed by atoms with Gasteiger partial charge in [0.2, 0.25) is 17.7 Å². The summed E-state index contributed by atoms with van der Waals surface area (Å²) in [5.74, 6) is 0.115. The number of benzene rings is 1. The molecule has 3 rings (SSSR count). The minimum Gasteiger partial charge on any atom is -0.351 e. The first-order chi connectivity index (χ1) is 15.6. The van der Waals surface area contributed by atoms with E-state index in [1.54, 1.807) is 14.0 Å². The quantitative estimate of drug-likeness (QED) is 0.559. The maximum atomic E-state index is 13.6. The Morgan fingerprint density at radius 3 is 2.30 bits per heavy atom. The Morgan fingerprint density at radius 1 is 1.03 bits per heavy atom. The Bertz CT molecular complexity index is 854. The Hall–Kier alpha value is -2.41. The molecule has 1 saturated heterocycles. The van der Waals surface area contributed by atoms with Crippen molar-refractivity contribution in [2.75, 3.05) is 13.6 Å². The maximum absolute atomic E-state index is 13.6. The summed E-state index contributed by atoms with van der Waals surface area (Å²) >= 11 is 0. The van der Waals surface area contributed by atoms with Crippen molar-refractivity contribution in [1.29, 1.82) is 0 Å². The summed E-state index contributed by atoms with van der Waals surface area (Å²) < 4.78 is 0. The van der Waals surface area contributed by atoms with Gasteiger partial charge in [-0.3, -0.25) is 14.4 Å². The molecule has 3 amide bonds. The molecular weight excluding hydrogens is 416 g/mol. The van der Waals surface area contributed by atoms with Crippen molar-refractivity contribution in [2.24, 2.45) is 11.8 Å². The summed E-state index contributed by atoms with van der Waals surface area (Å²) in [6.45, 7) is 10.2. The predicted octanol–water partition coefficient (Wildman–Crippen LogP) is 2.21. The van der Waals surface area contributed by atoms with E-state index in [9.17, 15) is 14.4 Å². The molecule has 33 heavy (non-hydrogen) atoms. The maximum Gasteiger partial charge on any atom is 0.245 e. The van der Waals surface area contributed by atoms with Crippen LogP contribution in [0.25, 0.3) is 0 Å². The molecule has 7 nitrogen and oxygen atoms in total. The van der Waals surface area contributed by atoms with E-state index in [1.807, 2.05) is 62.9 Å². The van der Waals surface area contributed by atoms with Gasteiger partial charge in [0.05, 0.1) is 17.5 Å². The highest BCUT2D eigenvalue weighted by Crippen LogP contribution is 2.39. The number of rotatable bonds is 8. The van der Waals surface area contributed by atoms with Gasteiger partial charge in [-0.05, 0) is 64.5 Å². The first-order valence-electron chi connectivity index (χ1n) is 12.2. The number of carbonyl (C=O) groups excluding carboxylic acids is 3. The van der Waals surface area contributed by atoms with E-state index in [1.165, 1.54) is 0 Å². The van der Waals surface area contributed by atoms with Crippen LogP contribution in [0.2, 0.25) is 0 Å². The SMILES string of the molecule is CN[C@@H](C)C(=O)N[C@H](C(=O)N1CCC2CCC(NC(=O)C(C)(C)c3ccccc3)C21)C(C)C. The number of fused-ring (bicyclic) bond motifs is 1. The molecule has 182 valence electrons. The van der Waals surface area contributed by atoms with Gasteiger partial charge in [0.15, 0.2) is 0 Å². The van der Waals surface area contributed by atoms with Crippen molar-refractivity contribution in [3.05, 3.63) is 35.9 Å². The van der Waals surface area contributed by atoms with Gasteiger partial charge < -0.3 is 20.9 Å². The molecule has 0 radical (unpaired) electrons. The van der Waals surface area contributed by atoms with E-state index in [2.05, 4.69) is 16.0 Å². The van der Waals surface area contributed by atoms with Crippen LogP contribution in [0.15, 0.2) is 30.3 Å². The third kappa shape index (κ3) is 5.24. The zero-order valence-corrected chi connectivity index (χ0v) is 20.9. The molecule has 3 N–H and O–H groups in total. The Kier molecular flexibility index (Phi) is 7.83. The van der Waals surface area contributed by atoms with E-state index in [-0.39, 0.29) is 41.8 Å². The van der Waals surface area contributed by atoms with Gasteiger partial charge in [-0.1, -0.05) is 44.2 Å². The van der Waals surface area contributed by atoms with Gasteiger partial charge in [-0.15, -0.1) is 0 Å². The number of carbonyl (C=O) groups is 3. The van der Waals surface area contributed by atoms with Crippen LogP contribution in [0, 0.1) is 11.8 Å². The Balaban J connectivity index is 1.74. The van der Waals surface area contributed by atoms with E-state index in [0.29, 0.717) is 12.5 Å². The van der Waals surface area contributed by atoms with Crippen LogP contribution in [-0.4, -0.2) is 60.4 Å². The Morgan fingerprint density at radius 2 is 1.70 bits per heavy atom. The number of nitrogens with one attached hydrogen (secondary N) is 3. The lowest BCUT2D eigenvalue weighted by atomic mass is 9.83. The lowest BCUT2D eigenvalue weighted by Gasteiger charge is -2.35. The zero-order chi connectivity index (χ0) is 24.3. The minimum absolute atomic E-state index is 0.0183. The fourth-order valence-corrected chi connectivity index (χ4v) is 5.16. The van der Waals surface area contributed by atoms with Crippen LogP contribution >= 0.6 is 0 Å². The van der Waals surface area contributed by atoms with Crippen LogP contribution in [0.1, 0.15) is 59.4 Å². The normalized spacial score (nSPS) is 24.3. The monoisotopic (exact) mass is 456 g/mol. The number of amides is 3. The van der Waals surface area contributed by atoms with E-state index in [0.717, 1.165) is 24.8 Å².